The van der Waals surface area contributed by atoms with Crippen molar-refractivity contribution in [1.29, 1.82) is 0 Å². The predicted molar refractivity (Wildman–Crippen MR) is 61.4 cm³/mol. The smallest absolute Gasteiger partial charge is 0.204 e. The number of thiazole rings is 1. The molecule has 0 unspecified atom stereocenters. The maximum atomic E-state index is 13.0. The molecule has 0 aliphatic rings. The first kappa shape index (κ1) is 11.0. The number of nitrogens with zero attached hydrogens (tertiary/aromatic N) is 1. The molecule has 0 fully saturated rings. The maximum Gasteiger partial charge on any atom is 0.204 e. The molecule has 0 saturated heterocycles. The van der Waals surface area contributed by atoms with Crippen LogP contribution in [0.1, 0.15) is 25.9 Å². The van der Waals surface area contributed by atoms with E-state index in [0.29, 0.717) is 16.1 Å². The zero-order valence-corrected chi connectivity index (χ0v) is 9.77. The summed E-state index contributed by atoms with van der Waals surface area (Å²) < 4.78 is 13.0. The molecule has 2 nitrogen and oxygen atoms in total. The van der Waals surface area contributed by atoms with Gasteiger partial charge in [0.05, 0.1) is 15.6 Å². The number of aromatic nitrogens is 1. The minimum Gasteiger partial charge on any atom is -0.288 e. The topological polar surface area (TPSA) is 30.0 Å². The number of aryl methyl sites for hydroxylation is 2. The largest absolute Gasteiger partial charge is 0.288 e. The van der Waals surface area contributed by atoms with Crippen LogP contribution >= 0.6 is 11.3 Å². The van der Waals surface area contributed by atoms with Crippen LogP contribution in [0.2, 0.25) is 0 Å². The number of halogens is 1. The van der Waals surface area contributed by atoms with E-state index in [-0.39, 0.29) is 5.78 Å². The molecule has 16 heavy (non-hydrogen) atoms. The molecule has 0 aliphatic heterocycles. The van der Waals surface area contributed by atoms with Gasteiger partial charge in [-0.1, -0.05) is 12.1 Å². The van der Waals surface area contributed by atoms with E-state index >= 15 is 0 Å². The van der Waals surface area contributed by atoms with E-state index in [9.17, 15) is 9.18 Å². The van der Waals surface area contributed by atoms with Crippen LogP contribution in [0.25, 0.3) is 0 Å². The van der Waals surface area contributed by atoms with E-state index in [1.165, 1.54) is 29.5 Å². The Kier molecular flexibility index (Phi) is 2.83. The molecule has 1 aromatic carbocycles. The molecule has 0 atom stereocenters. The van der Waals surface area contributed by atoms with Crippen LogP contribution in [-0.4, -0.2) is 10.8 Å². The molecule has 2 rings (SSSR count). The molecule has 0 saturated carbocycles. The van der Waals surface area contributed by atoms with Gasteiger partial charge in [-0.15, -0.1) is 11.3 Å². The average molecular weight is 235 g/mol. The molecule has 0 amide bonds. The fourth-order valence-electron chi connectivity index (χ4n) is 1.50. The Balaban J connectivity index is 2.43. The van der Waals surface area contributed by atoms with E-state index in [4.69, 9.17) is 0 Å². The van der Waals surface area contributed by atoms with Crippen LogP contribution in [0.5, 0.6) is 0 Å². The lowest BCUT2D eigenvalue weighted by molar-refractivity contribution is 0.104. The number of carbonyl (C=O) groups excluding carboxylic acids is 1. The van der Waals surface area contributed by atoms with Crippen LogP contribution in [0, 0.1) is 19.7 Å². The quantitative estimate of drug-likeness (QED) is 0.748. The van der Waals surface area contributed by atoms with Crippen molar-refractivity contribution < 1.29 is 9.18 Å². The molecule has 0 N–H and O–H groups in total. The maximum absolute atomic E-state index is 13.0. The van der Waals surface area contributed by atoms with Crippen LogP contribution in [-0.2, 0) is 0 Å². The highest BCUT2D eigenvalue weighted by Crippen LogP contribution is 2.21. The molecule has 2 aromatic rings. The van der Waals surface area contributed by atoms with Gasteiger partial charge in [0.15, 0.2) is 0 Å². The number of carbonyl (C=O) groups is 1. The first-order chi connectivity index (χ1) is 7.58. The molecule has 0 bridgehead atoms. The molecule has 1 heterocycles. The number of benzene rings is 1. The van der Waals surface area contributed by atoms with Gasteiger partial charge < -0.3 is 0 Å². The van der Waals surface area contributed by atoms with Crippen molar-refractivity contribution in [2.45, 2.75) is 13.8 Å². The van der Waals surface area contributed by atoms with Gasteiger partial charge in [0.2, 0.25) is 5.78 Å². The molecule has 0 radical (unpaired) electrons. The Morgan fingerprint density at radius 1 is 1.38 bits per heavy atom. The van der Waals surface area contributed by atoms with E-state index in [1.807, 2.05) is 6.92 Å². The third kappa shape index (κ3) is 2.02. The Morgan fingerprint density at radius 2 is 2.12 bits per heavy atom. The summed E-state index contributed by atoms with van der Waals surface area (Å²) in [6.45, 7) is 3.63. The second-order valence-electron chi connectivity index (χ2n) is 3.49. The van der Waals surface area contributed by atoms with Crippen LogP contribution < -0.4 is 0 Å². The molecule has 0 spiro atoms. The summed E-state index contributed by atoms with van der Waals surface area (Å²) in [4.78, 5) is 16.8. The summed E-state index contributed by atoms with van der Waals surface area (Å²) in [7, 11) is 0. The second-order valence-corrected chi connectivity index (χ2v) is 4.69. The van der Waals surface area contributed by atoms with Gasteiger partial charge in [0, 0.05) is 5.56 Å². The normalized spacial score (nSPS) is 10.4. The number of rotatable bonds is 2. The van der Waals surface area contributed by atoms with Gasteiger partial charge in [-0.2, -0.15) is 0 Å². The van der Waals surface area contributed by atoms with Crippen molar-refractivity contribution in [3.8, 4) is 0 Å². The lowest BCUT2D eigenvalue weighted by Gasteiger charge is -1.98. The predicted octanol–water partition coefficient (Wildman–Crippen LogP) is 3.13. The summed E-state index contributed by atoms with van der Waals surface area (Å²) in [5.74, 6) is -0.563. The average Bonchev–Trinajstić information content (AvgIpc) is 2.57. The van der Waals surface area contributed by atoms with Gasteiger partial charge in [-0.05, 0) is 26.0 Å². The first-order valence-corrected chi connectivity index (χ1v) is 5.64. The van der Waals surface area contributed by atoms with Crippen LogP contribution in [0.4, 0.5) is 4.39 Å². The van der Waals surface area contributed by atoms with Gasteiger partial charge >= 0.3 is 0 Å². The van der Waals surface area contributed by atoms with Crippen molar-refractivity contribution in [2.24, 2.45) is 0 Å². The lowest BCUT2D eigenvalue weighted by Crippen LogP contribution is -2.01. The number of hydrogen-bond acceptors (Lipinski definition) is 3. The van der Waals surface area contributed by atoms with Crippen molar-refractivity contribution in [3.05, 3.63) is 51.2 Å². The third-order valence-electron chi connectivity index (χ3n) is 2.20. The molecule has 82 valence electrons. The van der Waals surface area contributed by atoms with Crippen molar-refractivity contribution >= 4 is 17.1 Å². The standard InChI is InChI=1S/C12H10FNOS/c1-7-12(16-8(2)14-7)11(15)9-4-3-5-10(13)6-9/h3-6H,1-2H3. The molecular formula is C12H10FNOS. The van der Waals surface area contributed by atoms with Gasteiger partial charge in [0.1, 0.15) is 5.82 Å². The summed E-state index contributed by atoms with van der Waals surface area (Å²) in [5.41, 5.74) is 1.07. The second kappa shape index (κ2) is 4.14. The number of ketones is 1. The Morgan fingerprint density at radius 3 is 2.69 bits per heavy atom. The van der Waals surface area contributed by atoms with Gasteiger partial charge in [0.25, 0.3) is 0 Å². The fraction of sp³-hybridized carbons (Fsp3) is 0.167. The van der Waals surface area contributed by atoms with Crippen LogP contribution in [0.3, 0.4) is 0 Å². The summed E-state index contributed by atoms with van der Waals surface area (Å²) >= 11 is 1.34. The summed E-state index contributed by atoms with van der Waals surface area (Å²) in [6, 6.07) is 5.71. The van der Waals surface area contributed by atoms with Gasteiger partial charge in [-0.3, -0.25) is 4.79 Å². The lowest BCUT2D eigenvalue weighted by atomic mass is 10.1. The Bertz CT molecular complexity index is 548. The highest BCUT2D eigenvalue weighted by molar-refractivity contribution is 7.14. The monoisotopic (exact) mass is 235 g/mol. The Hall–Kier alpha value is -1.55. The zero-order chi connectivity index (χ0) is 11.7. The minimum atomic E-state index is -0.398. The van der Waals surface area contributed by atoms with E-state index in [2.05, 4.69) is 4.98 Å². The molecule has 4 heteroatoms. The van der Waals surface area contributed by atoms with Crippen molar-refractivity contribution in [1.82, 2.24) is 4.98 Å². The third-order valence-corrected chi connectivity index (χ3v) is 3.27. The fourth-order valence-corrected chi connectivity index (χ4v) is 2.38. The van der Waals surface area contributed by atoms with Gasteiger partial charge in [-0.25, -0.2) is 9.37 Å². The van der Waals surface area contributed by atoms with Crippen molar-refractivity contribution in [3.63, 3.8) is 0 Å². The zero-order valence-electron chi connectivity index (χ0n) is 8.95. The summed E-state index contributed by atoms with van der Waals surface area (Å²) in [6.07, 6.45) is 0. The summed E-state index contributed by atoms with van der Waals surface area (Å²) in [5, 5.41) is 0.845. The highest BCUT2D eigenvalue weighted by Gasteiger charge is 2.15. The molecular weight excluding hydrogens is 225 g/mol. The molecule has 0 aliphatic carbocycles. The van der Waals surface area contributed by atoms with E-state index in [0.717, 1.165) is 5.01 Å². The molecule has 1 aromatic heterocycles. The Labute approximate surface area is 96.8 Å². The van der Waals surface area contributed by atoms with E-state index in [1.54, 1.807) is 13.0 Å². The highest BCUT2D eigenvalue weighted by atomic mass is 32.1. The number of hydrogen-bond donors (Lipinski definition) is 0. The SMILES string of the molecule is Cc1nc(C)c(C(=O)c2cccc(F)c2)s1. The van der Waals surface area contributed by atoms with E-state index < -0.39 is 5.82 Å². The minimum absolute atomic E-state index is 0.164. The van der Waals surface area contributed by atoms with Crippen molar-refractivity contribution in [2.75, 3.05) is 0 Å². The van der Waals surface area contributed by atoms with Crippen LogP contribution in [0.15, 0.2) is 24.3 Å². The first-order valence-electron chi connectivity index (χ1n) is 4.82.